The number of carbonyl (C=O) groups excluding carboxylic acids is 1. The van der Waals surface area contributed by atoms with E-state index in [1.54, 1.807) is 5.57 Å². The molecule has 2 fully saturated rings. The minimum absolute atomic E-state index is 0.0841. The van der Waals surface area contributed by atoms with Crippen molar-refractivity contribution >= 4 is 5.78 Å². The van der Waals surface area contributed by atoms with E-state index in [1.807, 2.05) is 0 Å². The summed E-state index contributed by atoms with van der Waals surface area (Å²) in [6.45, 7) is 6.72. The molecule has 0 spiro atoms. The largest absolute Gasteiger partial charge is 0.393 e. The summed E-state index contributed by atoms with van der Waals surface area (Å²) in [7, 11) is 0. The van der Waals surface area contributed by atoms with Gasteiger partial charge in [0.1, 0.15) is 0 Å². The maximum absolute atomic E-state index is 12.9. The minimum Gasteiger partial charge on any atom is -0.393 e. The molecule has 4 aliphatic carbocycles. The fourth-order valence-corrected chi connectivity index (χ4v) is 6.29. The molecule has 5 unspecified atom stereocenters. The number of Topliss-reactive ketones (excluding diaryl/α,β-unsaturated/α-hetero) is 1. The minimum atomic E-state index is -0.143. The zero-order chi connectivity index (χ0) is 15.7. The van der Waals surface area contributed by atoms with Crippen molar-refractivity contribution < 1.29 is 9.90 Å². The Bertz CT molecular complexity index is 544. The molecule has 122 valence electrons. The number of aliphatic hydroxyl groups excluding tert-OH is 1. The summed E-state index contributed by atoms with van der Waals surface area (Å²) in [5, 5.41) is 10.1. The maximum atomic E-state index is 12.9. The van der Waals surface area contributed by atoms with E-state index in [1.165, 1.54) is 18.4 Å². The molecule has 4 rings (SSSR count). The Labute approximate surface area is 134 Å². The van der Waals surface area contributed by atoms with E-state index in [9.17, 15) is 9.90 Å². The Balaban J connectivity index is 1.66. The van der Waals surface area contributed by atoms with Crippen LogP contribution in [0.15, 0.2) is 11.1 Å². The van der Waals surface area contributed by atoms with Gasteiger partial charge < -0.3 is 5.11 Å². The average Bonchev–Trinajstić information content (AvgIpc) is 2.85. The molecule has 2 heteroatoms. The number of hydrogen-bond donors (Lipinski definition) is 1. The smallest absolute Gasteiger partial charge is 0.164 e. The fourth-order valence-electron chi connectivity index (χ4n) is 6.29. The van der Waals surface area contributed by atoms with E-state index >= 15 is 0 Å². The van der Waals surface area contributed by atoms with Gasteiger partial charge in [-0.2, -0.15) is 0 Å². The van der Waals surface area contributed by atoms with Gasteiger partial charge in [0, 0.05) is 5.41 Å². The Morgan fingerprint density at radius 1 is 1.09 bits per heavy atom. The van der Waals surface area contributed by atoms with Crippen LogP contribution in [0.3, 0.4) is 0 Å². The summed E-state index contributed by atoms with van der Waals surface area (Å²) in [5.41, 5.74) is 2.97. The second kappa shape index (κ2) is 4.69. The van der Waals surface area contributed by atoms with Gasteiger partial charge in [-0.15, -0.1) is 0 Å². The van der Waals surface area contributed by atoms with Gasteiger partial charge >= 0.3 is 0 Å². The van der Waals surface area contributed by atoms with Gasteiger partial charge in [-0.25, -0.2) is 0 Å². The van der Waals surface area contributed by atoms with E-state index in [-0.39, 0.29) is 11.5 Å². The molecule has 0 amide bonds. The van der Waals surface area contributed by atoms with E-state index in [4.69, 9.17) is 0 Å². The van der Waals surface area contributed by atoms with E-state index < -0.39 is 0 Å². The van der Waals surface area contributed by atoms with E-state index in [0.717, 1.165) is 38.5 Å². The molecule has 1 N–H and O–H groups in total. The average molecular weight is 302 g/mol. The number of rotatable bonds is 0. The van der Waals surface area contributed by atoms with Crippen molar-refractivity contribution in [2.45, 2.75) is 78.2 Å². The highest BCUT2D eigenvalue weighted by Gasteiger charge is 2.55. The predicted octanol–water partition coefficient (Wildman–Crippen LogP) is 4.27. The zero-order valence-corrected chi connectivity index (χ0v) is 14.3. The number of ketones is 1. The summed E-state index contributed by atoms with van der Waals surface area (Å²) in [5.74, 6) is 2.45. The number of aliphatic hydroxyl groups is 1. The highest BCUT2D eigenvalue weighted by Crippen LogP contribution is 2.63. The molecule has 0 heterocycles. The van der Waals surface area contributed by atoms with Crippen molar-refractivity contribution in [1.29, 1.82) is 0 Å². The van der Waals surface area contributed by atoms with Crippen LogP contribution in [0.1, 0.15) is 72.1 Å². The second-order valence-corrected chi connectivity index (χ2v) is 9.34. The Morgan fingerprint density at radius 3 is 2.64 bits per heavy atom. The molecule has 22 heavy (non-hydrogen) atoms. The quantitative estimate of drug-likeness (QED) is 0.725. The van der Waals surface area contributed by atoms with Gasteiger partial charge in [0.15, 0.2) is 5.78 Å². The van der Waals surface area contributed by atoms with Crippen LogP contribution in [0, 0.1) is 28.6 Å². The third kappa shape index (κ3) is 1.92. The normalized spacial score (nSPS) is 47.0. The molecule has 2 saturated carbocycles. The van der Waals surface area contributed by atoms with Crippen LogP contribution in [-0.4, -0.2) is 17.0 Å². The number of hydrogen-bond acceptors (Lipinski definition) is 2. The highest BCUT2D eigenvalue weighted by atomic mass is 16.3. The Morgan fingerprint density at radius 2 is 1.86 bits per heavy atom. The SMILES string of the molecule is CC1(C)CCC2=C(CC3C2CCC2CC(O)CCC23C)C1=O. The molecule has 0 radical (unpaired) electrons. The Hall–Kier alpha value is -0.630. The molecule has 0 aromatic heterocycles. The van der Waals surface area contributed by atoms with Crippen LogP contribution in [0.2, 0.25) is 0 Å². The first kappa shape index (κ1) is 14.9. The number of carbonyl (C=O) groups is 1. The van der Waals surface area contributed by atoms with Gasteiger partial charge in [0.05, 0.1) is 6.10 Å². The van der Waals surface area contributed by atoms with Crippen LogP contribution in [0.4, 0.5) is 0 Å². The van der Waals surface area contributed by atoms with Crippen molar-refractivity contribution in [3.63, 3.8) is 0 Å². The lowest BCUT2D eigenvalue weighted by atomic mass is 9.52. The molecule has 4 aliphatic rings. The molecule has 5 atom stereocenters. The van der Waals surface area contributed by atoms with Crippen molar-refractivity contribution in [1.82, 2.24) is 0 Å². The third-order valence-electron chi connectivity index (χ3n) is 7.83. The molecule has 2 nitrogen and oxygen atoms in total. The second-order valence-electron chi connectivity index (χ2n) is 9.34. The van der Waals surface area contributed by atoms with Crippen molar-refractivity contribution in [2.75, 3.05) is 0 Å². The number of allylic oxidation sites excluding steroid dienone is 2. The van der Waals surface area contributed by atoms with Crippen molar-refractivity contribution in [2.24, 2.45) is 28.6 Å². The molecule has 0 bridgehead atoms. The number of fused-ring (bicyclic) bond motifs is 4. The Kier molecular flexibility index (Phi) is 3.18. The lowest BCUT2D eigenvalue weighted by molar-refractivity contribution is -0.124. The van der Waals surface area contributed by atoms with Crippen LogP contribution in [-0.2, 0) is 4.79 Å². The van der Waals surface area contributed by atoms with Gasteiger partial charge in [0.25, 0.3) is 0 Å². The van der Waals surface area contributed by atoms with Gasteiger partial charge in [-0.1, -0.05) is 26.3 Å². The first-order valence-electron chi connectivity index (χ1n) is 9.28. The van der Waals surface area contributed by atoms with E-state index in [2.05, 4.69) is 20.8 Å². The standard InChI is InChI=1S/C20H30O2/c1-19(2)8-7-14-15-5-4-12-10-13(21)6-9-20(12,3)17(15)11-16(14)18(19)22/h12-13,15,17,21H,4-11H2,1-3H3. The lowest BCUT2D eigenvalue weighted by Gasteiger charge is -2.53. The van der Waals surface area contributed by atoms with Crippen LogP contribution < -0.4 is 0 Å². The van der Waals surface area contributed by atoms with Crippen molar-refractivity contribution in [3.05, 3.63) is 11.1 Å². The lowest BCUT2D eigenvalue weighted by Crippen LogP contribution is -2.46. The topological polar surface area (TPSA) is 37.3 Å². The third-order valence-corrected chi connectivity index (χ3v) is 7.83. The van der Waals surface area contributed by atoms with E-state index in [0.29, 0.717) is 29.0 Å². The van der Waals surface area contributed by atoms with Crippen molar-refractivity contribution in [3.8, 4) is 0 Å². The monoisotopic (exact) mass is 302 g/mol. The molecular weight excluding hydrogens is 272 g/mol. The molecule has 0 aromatic carbocycles. The first-order chi connectivity index (χ1) is 10.3. The van der Waals surface area contributed by atoms with Crippen LogP contribution in [0.5, 0.6) is 0 Å². The van der Waals surface area contributed by atoms with Crippen LogP contribution >= 0.6 is 0 Å². The first-order valence-corrected chi connectivity index (χ1v) is 9.28. The summed E-state index contributed by atoms with van der Waals surface area (Å²) in [6, 6.07) is 0. The molecular formula is C20H30O2. The predicted molar refractivity (Wildman–Crippen MR) is 87.3 cm³/mol. The zero-order valence-electron chi connectivity index (χ0n) is 14.3. The van der Waals surface area contributed by atoms with Gasteiger partial charge in [-0.3, -0.25) is 4.79 Å². The summed E-state index contributed by atoms with van der Waals surface area (Å²) >= 11 is 0. The summed E-state index contributed by atoms with van der Waals surface area (Å²) in [4.78, 5) is 12.9. The fraction of sp³-hybridized carbons (Fsp3) is 0.850. The molecule has 0 aromatic rings. The van der Waals surface area contributed by atoms with Gasteiger partial charge in [0.2, 0.25) is 0 Å². The summed E-state index contributed by atoms with van der Waals surface area (Å²) in [6.07, 6.45) is 8.74. The van der Waals surface area contributed by atoms with Gasteiger partial charge in [-0.05, 0) is 80.1 Å². The summed E-state index contributed by atoms with van der Waals surface area (Å²) < 4.78 is 0. The molecule has 0 saturated heterocycles. The molecule has 0 aliphatic heterocycles. The maximum Gasteiger partial charge on any atom is 0.164 e. The van der Waals surface area contributed by atoms with Crippen LogP contribution in [0.25, 0.3) is 0 Å². The highest BCUT2D eigenvalue weighted by molar-refractivity contribution is 6.01.